The van der Waals surface area contributed by atoms with E-state index in [2.05, 4.69) is 10.6 Å². The predicted octanol–water partition coefficient (Wildman–Crippen LogP) is 0.460. The Morgan fingerprint density at radius 3 is 2.21 bits per heavy atom. The Kier molecular flexibility index (Phi) is 9.16. The highest BCUT2D eigenvalue weighted by atomic mass is 16.5. The molecule has 0 aliphatic carbocycles. The number of carbonyl (C=O) groups is 2. The van der Waals surface area contributed by atoms with Crippen molar-refractivity contribution in [2.75, 3.05) is 33.0 Å². The molecule has 2 N–H and O–H groups in total. The fourth-order valence-corrected chi connectivity index (χ4v) is 1.23. The van der Waals surface area contributed by atoms with Gasteiger partial charge >= 0.3 is 0 Å². The van der Waals surface area contributed by atoms with E-state index in [4.69, 9.17) is 9.47 Å². The van der Waals surface area contributed by atoms with Gasteiger partial charge < -0.3 is 20.1 Å². The van der Waals surface area contributed by atoms with E-state index in [1.807, 2.05) is 20.8 Å². The summed E-state index contributed by atoms with van der Waals surface area (Å²) in [5.41, 5.74) is -0.242. The largest absolute Gasteiger partial charge is 0.377 e. The molecule has 0 radical (unpaired) electrons. The van der Waals surface area contributed by atoms with Crippen molar-refractivity contribution >= 4 is 11.8 Å². The van der Waals surface area contributed by atoms with E-state index in [9.17, 15) is 9.59 Å². The molecule has 0 spiro atoms. The zero-order valence-corrected chi connectivity index (χ0v) is 12.4. The van der Waals surface area contributed by atoms with Crippen LogP contribution in [0.15, 0.2) is 0 Å². The lowest BCUT2D eigenvalue weighted by molar-refractivity contribution is -0.127. The molecular formula is C13H26N2O4. The second-order valence-electron chi connectivity index (χ2n) is 5.17. The van der Waals surface area contributed by atoms with Crippen molar-refractivity contribution in [2.24, 2.45) is 0 Å². The molecule has 0 atom stereocenters. The molecule has 0 unspecified atom stereocenters. The first-order chi connectivity index (χ1) is 8.85. The average molecular weight is 274 g/mol. The van der Waals surface area contributed by atoms with Crippen molar-refractivity contribution in [1.82, 2.24) is 10.6 Å². The first kappa shape index (κ1) is 17.9. The quantitative estimate of drug-likeness (QED) is 0.599. The average Bonchev–Trinajstić information content (AvgIpc) is 2.29. The molecule has 0 bridgehead atoms. The van der Waals surface area contributed by atoms with Crippen LogP contribution in [0.1, 0.15) is 34.1 Å². The third-order valence-corrected chi connectivity index (χ3v) is 2.01. The van der Waals surface area contributed by atoms with Gasteiger partial charge in [0.1, 0.15) is 6.61 Å². The minimum absolute atomic E-state index is 0.0127. The molecule has 0 saturated heterocycles. The molecule has 6 nitrogen and oxygen atoms in total. The molecule has 2 amide bonds. The number of carbonyl (C=O) groups excluding carboxylic acids is 2. The van der Waals surface area contributed by atoms with E-state index in [0.29, 0.717) is 32.8 Å². The molecule has 0 fully saturated rings. The van der Waals surface area contributed by atoms with Crippen molar-refractivity contribution < 1.29 is 19.1 Å². The summed E-state index contributed by atoms with van der Waals surface area (Å²) >= 11 is 0. The minimum Gasteiger partial charge on any atom is -0.377 e. The maximum absolute atomic E-state index is 11.4. The van der Waals surface area contributed by atoms with Gasteiger partial charge in [0.2, 0.25) is 11.8 Å². The van der Waals surface area contributed by atoms with Gasteiger partial charge in [0, 0.05) is 18.5 Å². The van der Waals surface area contributed by atoms with Crippen LogP contribution in [0, 0.1) is 0 Å². The number of ether oxygens (including phenoxy) is 2. The van der Waals surface area contributed by atoms with Crippen molar-refractivity contribution in [2.45, 2.75) is 39.7 Å². The first-order valence-electron chi connectivity index (χ1n) is 6.58. The van der Waals surface area contributed by atoms with Gasteiger partial charge in [-0.3, -0.25) is 9.59 Å². The molecule has 0 aliphatic rings. The Hall–Kier alpha value is -1.14. The molecular weight excluding hydrogens is 248 g/mol. The van der Waals surface area contributed by atoms with Crippen molar-refractivity contribution in [3.63, 3.8) is 0 Å². The van der Waals surface area contributed by atoms with Crippen LogP contribution in [0.25, 0.3) is 0 Å². The summed E-state index contributed by atoms with van der Waals surface area (Å²) in [5, 5.41) is 5.50. The molecule has 19 heavy (non-hydrogen) atoms. The summed E-state index contributed by atoms with van der Waals surface area (Å²) < 4.78 is 10.4. The lowest BCUT2D eigenvalue weighted by atomic mass is 10.1. The third-order valence-electron chi connectivity index (χ3n) is 2.01. The van der Waals surface area contributed by atoms with Crippen LogP contribution in [0.5, 0.6) is 0 Å². The summed E-state index contributed by atoms with van der Waals surface area (Å²) in [5.74, 6) is -0.124. The summed E-state index contributed by atoms with van der Waals surface area (Å²) in [6.45, 7) is 9.29. The molecule has 112 valence electrons. The standard InChI is InChI=1S/C13H26N2O4/c1-5-11(16)14-6-7-18-8-9-19-10-12(17)15-13(2,3)4/h5-10H2,1-4H3,(H,14,16)(H,15,17). The van der Waals surface area contributed by atoms with E-state index in [0.717, 1.165) is 0 Å². The molecule has 0 aromatic carbocycles. The van der Waals surface area contributed by atoms with Crippen molar-refractivity contribution in [3.8, 4) is 0 Å². The highest BCUT2D eigenvalue weighted by molar-refractivity contribution is 5.77. The Balaban J connectivity index is 3.32. The first-order valence-corrected chi connectivity index (χ1v) is 6.58. The summed E-state index contributed by atoms with van der Waals surface area (Å²) in [6.07, 6.45) is 0.478. The van der Waals surface area contributed by atoms with Crippen LogP contribution in [-0.4, -0.2) is 50.3 Å². The van der Waals surface area contributed by atoms with Crippen molar-refractivity contribution in [3.05, 3.63) is 0 Å². The van der Waals surface area contributed by atoms with Gasteiger partial charge in [-0.15, -0.1) is 0 Å². The SMILES string of the molecule is CCC(=O)NCCOCCOCC(=O)NC(C)(C)C. The van der Waals surface area contributed by atoms with Crippen LogP contribution in [-0.2, 0) is 19.1 Å². The smallest absolute Gasteiger partial charge is 0.246 e. The predicted molar refractivity (Wildman–Crippen MR) is 72.8 cm³/mol. The number of nitrogens with one attached hydrogen (secondary N) is 2. The number of hydrogen-bond donors (Lipinski definition) is 2. The Labute approximate surface area is 115 Å². The Morgan fingerprint density at radius 1 is 1.00 bits per heavy atom. The van der Waals surface area contributed by atoms with Gasteiger partial charge in [-0.05, 0) is 20.8 Å². The highest BCUT2D eigenvalue weighted by Crippen LogP contribution is 1.97. The van der Waals surface area contributed by atoms with Gasteiger partial charge in [-0.1, -0.05) is 6.92 Å². The second-order valence-corrected chi connectivity index (χ2v) is 5.17. The zero-order chi connectivity index (χ0) is 14.7. The van der Waals surface area contributed by atoms with Gasteiger partial charge in [0.25, 0.3) is 0 Å². The van der Waals surface area contributed by atoms with Crippen LogP contribution in [0.4, 0.5) is 0 Å². The molecule has 0 heterocycles. The summed E-state index contributed by atoms with van der Waals surface area (Å²) in [4.78, 5) is 22.3. The van der Waals surface area contributed by atoms with Crippen LogP contribution < -0.4 is 10.6 Å². The maximum Gasteiger partial charge on any atom is 0.246 e. The van der Waals surface area contributed by atoms with E-state index in [1.54, 1.807) is 6.92 Å². The molecule has 6 heteroatoms. The third kappa shape index (κ3) is 13.1. The van der Waals surface area contributed by atoms with Crippen molar-refractivity contribution in [1.29, 1.82) is 0 Å². The zero-order valence-electron chi connectivity index (χ0n) is 12.4. The van der Waals surface area contributed by atoms with E-state index in [1.165, 1.54) is 0 Å². The Bertz CT molecular complexity index is 274. The topological polar surface area (TPSA) is 76.7 Å². The number of hydrogen-bond acceptors (Lipinski definition) is 4. The van der Waals surface area contributed by atoms with E-state index < -0.39 is 0 Å². The molecule has 0 saturated carbocycles. The fourth-order valence-electron chi connectivity index (χ4n) is 1.23. The van der Waals surface area contributed by atoms with Crippen LogP contribution in [0.3, 0.4) is 0 Å². The van der Waals surface area contributed by atoms with Gasteiger partial charge in [-0.25, -0.2) is 0 Å². The molecule has 0 aliphatic heterocycles. The number of rotatable bonds is 9. The number of amides is 2. The van der Waals surface area contributed by atoms with E-state index >= 15 is 0 Å². The fraction of sp³-hybridized carbons (Fsp3) is 0.846. The molecule has 0 aromatic heterocycles. The molecule has 0 rings (SSSR count). The normalized spacial score (nSPS) is 11.2. The molecule has 0 aromatic rings. The highest BCUT2D eigenvalue weighted by Gasteiger charge is 2.13. The summed E-state index contributed by atoms with van der Waals surface area (Å²) in [7, 11) is 0. The van der Waals surface area contributed by atoms with E-state index in [-0.39, 0.29) is 24.0 Å². The second kappa shape index (κ2) is 9.75. The lowest BCUT2D eigenvalue weighted by Gasteiger charge is -2.20. The lowest BCUT2D eigenvalue weighted by Crippen LogP contribution is -2.42. The maximum atomic E-state index is 11.4. The van der Waals surface area contributed by atoms with Crippen LogP contribution >= 0.6 is 0 Å². The van der Waals surface area contributed by atoms with Gasteiger partial charge in [-0.2, -0.15) is 0 Å². The van der Waals surface area contributed by atoms with Crippen LogP contribution in [0.2, 0.25) is 0 Å². The Morgan fingerprint density at radius 2 is 1.63 bits per heavy atom. The summed E-state index contributed by atoms with van der Waals surface area (Å²) in [6, 6.07) is 0. The van der Waals surface area contributed by atoms with Gasteiger partial charge in [0.15, 0.2) is 0 Å². The van der Waals surface area contributed by atoms with Gasteiger partial charge in [0.05, 0.1) is 19.8 Å². The minimum atomic E-state index is -0.242. The monoisotopic (exact) mass is 274 g/mol.